The van der Waals surface area contributed by atoms with E-state index < -0.39 is 0 Å². The first-order chi connectivity index (χ1) is 16.7. The maximum Gasteiger partial charge on any atom is 0.223 e. The fourth-order valence-corrected chi connectivity index (χ4v) is 5.23. The van der Waals surface area contributed by atoms with Crippen LogP contribution in [-0.2, 0) is 4.79 Å². The highest BCUT2D eigenvalue weighted by Crippen LogP contribution is 2.24. The van der Waals surface area contributed by atoms with Gasteiger partial charge in [-0.1, -0.05) is 37.3 Å². The fourth-order valence-electron chi connectivity index (χ4n) is 5.23. The summed E-state index contributed by atoms with van der Waals surface area (Å²) in [7, 11) is 0. The third-order valence-electron chi connectivity index (χ3n) is 7.16. The van der Waals surface area contributed by atoms with Crippen molar-refractivity contribution < 1.29 is 4.79 Å². The molecule has 0 aliphatic carbocycles. The summed E-state index contributed by atoms with van der Waals surface area (Å²) in [6.45, 7) is 8.26. The number of hydrogen-bond acceptors (Lipinski definition) is 6. The third kappa shape index (κ3) is 5.22. The van der Waals surface area contributed by atoms with Gasteiger partial charge >= 0.3 is 0 Å². The molecule has 2 aromatic heterocycles. The Kier molecular flexibility index (Phi) is 7.04. The van der Waals surface area contributed by atoms with Gasteiger partial charge in [0.25, 0.3) is 0 Å². The van der Waals surface area contributed by atoms with E-state index in [-0.39, 0.29) is 11.8 Å². The highest BCUT2D eigenvalue weighted by Gasteiger charge is 2.26. The van der Waals surface area contributed by atoms with Crippen molar-refractivity contribution in [1.29, 1.82) is 0 Å². The molecule has 180 valence electrons. The topological polar surface area (TPSA) is 78.7 Å². The number of benzene rings is 1. The standard InChI is InChI=1S/C26H35N7O/c1-20-7-5-15-31(19-20)16-6-14-27-26(34)22-12-17-32(18-13-22)24-11-10-23-28-29-25(33(23)30-24)21-8-3-2-4-9-21/h2-4,8-11,20,22H,5-7,12-19H2,1H3,(H,27,34)/t20-/m0/s1. The summed E-state index contributed by atoms with van der Waals surface area (Å²) in [5, 5.41) is 16.6. The number of likely N-dealkylation sites (tertiary alicyclic amines) is 1. The summed E-state index contributed by atoms with van der Waals surface area (Å²) in [6, 6.07) is 14.0. The molecule has 1 amide bonds. The predicted octanol–water partition coefficient (Wildman–Crippen LogP) is 3.25. The van der Waals surface area contributed by atoms with Gasteiger partial charge in [-0.3, -0.25) is 4.79 Å². The minimum Gasteiger partial charge on any atom is -0.356 e. The van der Waals surface area contributed by atoms with E-state index in [0.29, 0.717) is 0 Å². The van der Waals surface area contributed by atoms with Crippen molar-refractivity contribution in [3.63, 3.8) is 0 Å². The molecule has 0 unspecified atom stereocenters. The first kappa shape index (κ1) is 22.8. The Morgan fingerprint density at radius 2 is 1.85 bits per heavy atom. The smallest absolute Gasteiger partial charge is 0.223 e. The third-order valence-corrected chi connectivity index (χ3v) is 7.16. The van der Waals surface area contributed by atoms with Crippen molar-refractivity contribution in [3.8, 4) is 11.4 Å². The molecule has 0 radical (unpaired) electrons. The van der Waals surface area contributed by atoms with E-state index in [0.717, 1.165) is 74.2 Å². The molecule has 0 saturated carbocycles. The molecule has 4 heterocycles. The quantitative estimate of drug-likeness (QED) is 0.544. The van der Waals surface area contributed by atoms with Crippen LogP contribution in [0.15, 0.2) is 42.5 Å². The average molecular weight is 462 g/mol. The number of hydrogen-bond donors (Lipinski definition) is 1. The number of anilines is 1. The zero-order chi connectivity index (χ0) is 23.3. The minimum atomic E-state index is 0.0878. The van der Waals surface area contributed by atoms with E-state index in [1.807, 2.05) is 47.0 Å². The molecule has 2 aliphatic heterocycles. The molecule has 0 spiro atoms. The lowest BCUT2D eigenvalue weighted by Gasteiger charge is -2.32. The summed E-state index contributed by atoms with van der Waals surface area (Å²) in [5.41, 5.74) is 1.72. The molecule has 8 heteroatoms. The second-order valence-corrected chi connectivity index (χ2v) is 9.81. The van der Waals surface area contributed by atoms with Crippen LogP contribution in [-0.4, -0.2) is 69.9 Å². The van der Waals surface area contributed by atoms with Gasteiger partial charge < -0.3 is 15.1 Å². The van der Waals surface area contributed by atoms with Gasteiger partial charge in [0.05, 0.1) is 0 Å². The molecule has 34 heavy (non-hydrogen) atoms. The van der Waals surface area contributed by atoms with Crippen LogP contribution in [0.3, 0.4) is 0 Å². The van der Waals surface area contributed by atoms with Gasteiger partial charge in [0.1, 0.15) is 5.82 Å². The van der Waals surface area contributed by atoms with Crippen LogP contribution in [0.25, 0.3) is 17.0 Å². The number of fused-ring (bicyclic) bond motifs is 1. The SMILES string of the molecule is C[C@H]1CCCN(CCCNC(=O)C2CCN(c3ccc4nnc(-c5ccccc5)n4n3)CC2)C1. The molecule has 1 atom stereocenters. The number of nitrogens with zero attached hydrogens (tertiary/aromatic N) is 6. The Balaban J connectivity index is 1.12. The number of carbonyl (C=O) groups excluding carboxylic acids is 1. The first-order valence-corrected chi connectivity index (χ1v) is 12.7. The highest BCUT2D eigenvalue weighted by molar-refractivity contribution is 5.79. The fraction of sp³-hybridized carbons (Fsp3) is 0.538. The Bertz CT molecular complexity index is 1090. The molecule has 2 saturated heterocycles. The van der Waals surface area contributed by atoms with Crippen LogP contribution >= 0.6 is 0 Å². The maximum absolute atomic E-state index is 12.7. The zero-order valence-electron chi connectivity index (χ0n) is 20.1. The van der Waals surface area contributed by atoms with Gasteiger partial charge in [-0.15, -0.1) is 15.3 Å². The summed E-state index contributed by atoms with van der Waals surface area (Å²) >= 11 is 0. The molecule has 1 N–H and O–H groups in total. The van der Waals surface area contributed by atoms with Crippen molar-refractivity contribution >= 4 is 17.4 Å². The summed E-state index contributed by atoms with van der Waals surface area (Å²) in [4.78, 5) is 17.5. The van der Waals surface area contributed by atoms with E-state index >= 15 is 0 Å². The van der Waals surface area contributed by atoms with Gasteiger partial charge in [0, 0.05) is 37.7 Å². The summed E-state index contributed by atoms with van der Waals surface area (Å²) < 4.78 is 1.81. The van der Waals surface area contributed by atoms with E-state index in [9.17, 15) is 4.79 Å². The Morgan fingerprint density at radius 1 is 1.03 bits per heavy atom. The molecule has 5 rings (SSSR count). The molecule has 8 nitrogen and oxygen atoms in total. The average Bonchev–Trinajstić information content (AvgIpc) is 3.30. The van der Waals surface area contributed by atoms with E-state index in [1.165, 1.54) is 25.9 Å². The Labute approximate surface area is 201 Å². The first-order valence-electron chi connectivity index (χ1n) is 12.7. The molecule has 1 aromatic carbocycles. The van der Waals surface area contributed by atoms with Crippen LogP contribution in [0.4, 0.5) is 5.82 Å². The van der Waals surface area contributed by atoms with Gasteiger partial charge in [0.2, 0.25) is 5.91 Å². The van der Waals surface area contributed by atoms with Crippen molar-refractivity contribution in [3.05, 3.63) is 42.5 Å². The van der Waals surface area contributed by atoms with Crippen LogP contribution < -0.4 is 10.2 Å². The number of aromatic nitrogens is 4. The van der Waals surface area contributed by atoms with Gasteiger partial charge in [0.15, 0.2) is 11.5 Å². The van der Waals surface area contributed by atoms with E-state index in [1.54, 1.807) is 0 Å². The molecular weight excluding hydrogens is 426 g/mol. The largest absolute Gasteiger partial charge is 0.356 e. The molecule has 0 bridgehead atoms. The van der Waals surface area contributed by atoms with Crippen molar-refractivity contribution in [1.82, 2.24) is 30.0 Å². The summed E-state index contributed by atoms with van der Waals surface area (Å²) in [5.74, 6) is 2.74. The van der Waals surface area contributed by atoms with Crippen LogP contribution in [0.2, 0.25) is 0 Å². The Morgan fingerprint density at radius 3 is 2.65 bits per heavy atom. The van der Waals surface area contributed by atoms with Gasteiger partial charge in [-0.25, -0.2) is 0 Å². The number of piperidine rings is 2. The van der Waals surface area contributed by atoms with E-state index in [2.05, 4.69) is 32.2 Å². The molecular formula is C26H35N7O. The van der Waals surface area contributed by atoms with E-state index in [4.69, 9.17) is 5.10 Å². The Hall–Kier alpha value is -3.00. The number of nitrogens with one attached hydrogen (secondary N) is 1. The summed E-state index contributed by atoms with van der Waals surface area (Å²) in [6.07, 6.45) is 5.39. The predicted molar refractivity (Wildman–Crippen MR) is 134 cm³/mol. The second kappa shape index (κ2) is 10.5. The highest BCUT2D eigenvalue weighted by atomic mass is 16.1. The van der Waals surface area contributed by atoms with Crippen molar-refractivity contribution in [2.75, 3.05) is 44.2 Å². The monoisotopic (exact) mass is 461 g/mol. The van der Waals surface area contributed by atoms with Crippen LogP contribution in [0.1, 0.15) is 39.0 Å². The molecule has 3 aromatic rings. The zero-order valence-corrected chi connectivity index (χ0v) is 20.1. The number of rotatable bonds is 7. The van der Waals surface area contributed by atoms with Crippen LogP contribution in [0, 0.1) is 11.8 Å². The normalized spacial score (nSPS) is 20.0. The van der Waals surface area contributed by atoms with Gasteiger partial charge in [-0.05, 0) is 63.2 Å². The lowest BCUT2D eigenvalue weighted by molar-refractivity contribution is -0.125. The lowest BCUT2D eigenvalue weighted by atomic mass is 9.96. The van der Waals surface area contributed by atoms with Crippen LogP contribution in [0.5, 0.6) is 0 Å². The molecule has 2 aliphatic rings. The van der Waals surface area contributed by atoms with Crippen molar-refractivity contribution in [2.24, 2.45) is 11.8 Å². The van der Waals surface area contributed by atoms with Gasteiger partial charge in [-0.2, -0.15) is 4.52 Å². The lowest BCUT2D eigenvalue weighted by Crippen LogP contribution is -2.42. The number of amides is 1. The maximum atomic E-state index is 12.7. The number of carbonyl (C=O) groups is 1. The molecule has 2 fully saturated rings. The minimum absolute atomic E-state index is 0.0878. The van der Waals surface area contributed by atoms with Crippen molar-refractivity contribution in [2.45, 2.75) is 39.0 Å². The second-order valence-electron chi connectivity index (χ2n) is 9.81.